The van der Waals surface area contributed by atoms with Crippen LogP contribution in [0.1, 0.15) is 8.22 Å². The van der Waals surface area contributed by atoms with Crippen LogP contribution in [-0.2, 0) is 0 Å². The van der Waals surface area contributed by atoms with Gasteiger partial charge >= 0.3 is 0 Å². The molecule has 0 N–H and O–H groups in total. The lowest BCUT2D eigenvalue weighted by atomic mass is 10.1. The molecule has 2 aromatic carbocycles. The third-order valence-corrected chi connectivity index (χ3v) is 1.25. The van der Waals surface area contributed by atoms with Gasteiger partial charge in [-0.25, -0.2) is 0 Å². The topological polar surface area (TPSA) is 0 Å². The van der Waals surface area contributed by atoms with E-state index in [1.807, 2.05) is 0 Å². The van der Waals surface area contributed by atoms with Crippen molar-refractivity contribution < 1.29 is 8.22 Å². The molecule has 0 aliphatic rings. The van der Waals surface area contributed by atoms with Gasteiger partial charge in [-0.15, -0.1) is 0 Å². The molecule has 0 bridgehead atoms. The fraction of sp³-hybridized carbons (Fsp3) is 0. The molecule has 0 atom stereocenters. The summed E-state index contributed by atoms with van der Waals surface area (Å²) in [5.74, 6) is 0. The second-order valence-electron chi connectivity index (χ2n) is 1.89. The average Bonchev–Trinajstić information content (AvgIpc) is 2.27. The number of benzene rings is 2. The first kappa shape index (κ1) is 2.09. The second kappa shape index (κ2) is 2.14. The predicted molar refractivity (Wildman–Crippen MR) is 43.9 cm³/mol. The van der Waals surface area contributed by atoms with E-state index in [4.69, 9.17) is 8.22 Å². The Bertz CT molecular complexity index is 590. The van der Waals surface area contributed by atoms with Crippen LogP contribution < -0.4 is 0 Å². The van der Waals surface area contributed by atoms with Crippen LogP contribution in [0, 0.1) is 0 Å². The maximum absolute atomic E-state index is 7.67. The van der Waals surface area contributed by atoms with E-state index in [1.54, 1.807) is 0 Å². The molecule has 10 heavy (non-hydrogen) atoms. The molecule has 0 aromatic heterocycles. The summed E-state index contributed by atoms with van der Waals surface area (Å²) in [5.41, 5.74) is 0. The minimum atomic E-state index is -0.364. The van der Waals surface area contributed by atoms with Crippen LogP contribution in [0.2, 0.25) is 0 Å². The highest BCUT2D eigenvalue weighted by Crippen LogP contribution is 2.11. The van der Waals surface area contributed by atoms with Gasteiger partial charge in [0.1, 0.15) is 0 Å². The van der Waals surface area contributed by atoms with Crippen molar-refractivity contribution in [2.45, 2.75) is 0 Å². The molecule has 0 amide bonds. The normalized spacial score (nSPS) is 18.4. The fourth-order valence-corrected chi connectivity index (χ4v) is 0.785. The van der Waals surface area contributed by atoms with Gasteiger partial charge in [0.05, 0.1) is 8.22 Å². The number of rotatable bonds is 0. The second-order valence-corrected chi connectivity index (χ2v) is 1.89. The molecule has 0 aliphatic carbocycles. The van der Waals surface area contributed by atoms with Crippen LogP contribution in [0.4, 0.5) is 0 Å². The van der Waals surface area contributed by atoms with E-state index in [1.165, 1.54) is 12.1 Å². The summed E-state index contributed by atoms with van der Waals surface area (Å²) in [5, 5.41) is 0.394. The lowest BCUT2D eigenvalue weighted by Crippen LogP contribution is -1.67. The smallest absolute Gasteiger partial charge is 0.0616 e. The first-order valence-electron chi connectivity index (χ1n) is 5.91. The van der Waals surface area contributed by atoms with E-state index in [0.29, 0.717) is 0 Å². The quantitative estimate of drug-likeness (QED) is 0.519. The van der Waals surface area contributed by atoms with E-state index in [-0.39, 0.29) is 47.0 Å². The van der Waals surface area contributed by atoms with Crippen molar-refractivity contribution in [3.05, 3.63) is 48.4 Å². The van der Waals surface area contributed by atoms with Crippen LogP contribution in [0.3, 0.4) is 0 Å². The van der Waals surface area contributed by atoms with Crippen LogP contribution in [0.5, 0.6) is 0 Å². The van der Waals surface area contributed by atoms with Gasteiger partial charge in [0.15, 0.2) is 0 Å². The molecule has 0 aliphatic heterocycles. The molecule has 0 saturated heterocycles. The summed E-state index contributed by atoms with van der Waals surface area (Å²) in [6, 6.07) is 1.52. The first-order chi connectivity index (χ1) is 7.45. The molecular weight excluding hydrogens is 120 g/mol. The van der Waals surface area contributed by atoms with Gasteiger partial charge in [0.2, 0.25) is 0 Å². The Balaban J connectivity index is 3.09. The molecule has 0 spiro atoms. The lowest BCUT2D eigenvalue weighted by Gasteiger charge is -1.92. The number of fused-ring (bicyclic) bond motifs is 1. The van der Waals surface area contributed by atoms with E-state index in [0.717, 1.165) is 0 Å². The zero-order chi connectivity index (χ0) is 12.0. The van der Waals surface area contributed by atoms with E-state index in [9.17, 15) is 0 Å². The Hall–Kier alpha value is -1.30. The van der Waals surface area contributed by atoms with Gasteiger partial charge in [-0.3, -0.25) is 0 Å². The van der Waals surface area contributed by atoms with Crippen LogP contribution in [0.15, 0.2) is 48.4 Å². The minimum Gasteiger partial charge on any atom is -0.0616 e. The largest absolute Gasteiger partial charge is 0.0629 e. The van der Waals surface area contributed by atoms with Gasteiger partial charge in [-0.05, 0) is 10.8 Å². The number of hydrogen-bond acceptors (Lipinski definition) is 0. The highest BCUT2D eigenvalue weighted by Gasteiger charge is 1.85. The van der Waals surface area contributed by atoms with Crippen LogP contribution in [0.25, 0.3) is 10.8 Å². The van der Waals surface area contributed by atoms with Gasteiger partial charge in [0.25, 0.3) is 0 Å². The molecule has 0 unspecified atom stereocenters. The lowest BCUT2D eigenvalue weighted by molar-refractivity contribution is 1.75. The standard InChI is InChI=1S/C10H8/c1-2-6-10-8-4-3-7-9(10)5-1/h1-8H/i1D,2D,3D,5D,6D,7D. The third kappa shape index (κ3) is 0.781. The molecule has 48 valence electrons. The molecule has 0 heterocycles. The zero-order valence-corrected chi connectivity index (χ0v) is 5.15. The summed E-state index contributed by atoms with van der Waals surface area (Å²) in [4.78, 5) is 0. The van der Waals surface area contributed by atoms with E-state index in [2.05, 4.69) is 0 Å². The maximum atomic E-state index is 7.67. The van der Waals surface area contributed by atoms with Crippen molar-refractivity contribution >= 4 is 10.8 Å². The first-order valence-corrected chi connectivity index (χ1v) is 2.91. The van der Waals surface area contributed by atoms with Gasteiger partial charge < -0.3 is 0 Å². The average molecular weight is 134 g/mol. The number of hydrogen-bond donors (Lipinski definition) is 0. The van der Waals surface area contributed by atoms with Crippen LogP contribution >= 0.6 is 0 Å². The highest BCUT2D eigenvalue weighted by molar-refractivity contribution is 5.81. The molecule has 0 saturated carbocycles. The van der Waals surface area contributed by atoms with Gasteiger partial charge in [-0.2, -0.15) is 0 Å². The Morgan fingerprint density at radius 3 is 2.50 bits per heavy atom. The Kier molecular flexibility index (Phi) is 0.448. The van der Waals surface area contributed by atoms with Crippen molar-refractivity contribution in [2.75, 3.05) is 0 Å². The summed E-state index contributed by atoms with van der Waals surface area (Å²) in [6.45, 7) is 0. The summed E-state index contributed by atoms with van der Waals surface area (Å²) in [6.07, 6.45) is 0. The third-order valence-electron chi connectivity index (χ3n) is 1.25. The molecule has 0 fully saturated rings. The Morgan fingerprint density at radius 2 is 1.60 bits per heavy atom. The molecule has 2 aromatic rings. The van der Waals surface area contributed by atoms with Crippen molar-refractivity contribution in [3.8, 4) is 0 Å². The molecule has 2 rings (SSSR count). The van der Waals surface area contributed by atoms with Crippen molar-refractivity contribution in [1.29, 1.82) is 0 Å². The van der Waals surface area contributed by atoms with E-state index >= 15 is 0 Å². The molecule has 0 nitrogen and oxygen atoms in total. The summed E-state index contributed by atoms with van der Waals surface area (Å²) < 4.78 is 45.4. The predicted octanol–water partition coefficient (Wildman–Crippen LogP) is 2.84. The fourth-order valence-electron chi connectivity index (χ4n) is 0.785. The van der Waals surface area contributed by atoms with Crippen molar-refractivity contribution in [2.24, 2.45) is 0 Å². The Morgan fingerprint density at radius 1 is 0.900 bits per heavy atom. The summed E-state index contributed by atoms with van der Waals surface area (Å²) in [7, 11) is 0. The molecular formula is C10H8. The molecule has 0 radical (unpaired) electrons. The van der Waals surface area contributed by atoms with Crippen molar-refractivity contribution in [1.82, 2.24) is 0 Å². The van der Waals surface area contributed by atoms with Gasteiger partial charge in [-0.1, -0.05) is 48.4 Å². The van der Waals surface area contributed by atoms with Crippen LogP contribution in [-0.4, -0.2) is 0 Å². The monoisotopic (exact) mass is 134 g/mol. The van der Waals surface area contributed by atoms with E-state index < -0.39 is 0 Å². The summed E-state index contributed by atoms with van der Waals surface area (Å²) >= 11 is 0. The zero-order valence-electron chi connectivity index (χ0n) is 11.2. The Labute approximate surface area is 68.5 Å². The molecule has 0 heteroatoms. The maximum Gasteiger partial charge on any atom is 0.0629 e. The minimum absolute atomic E-state index is 0.0440. The van der Waals surface area contributed by atoms with Gasteiger partial charge in [0, 0.05) is 0 Å². The van der Waals surface area contributed by atoms with Crippen molar-refractivity contribution in [3.63, 3.8) is 0 Å². The highest BCUT2D eigenvalue weighted by atomic mass is 13.9. The SMILES string of the molecule is [2H]c1ccc2c([2H])c([2H])c([2H])c([2H])c2c1[2H].